The molecular weight excluding hydrogens is 261 g/mol. The fourth-order valence-corrected chi connectivity index (χ4v) is 1.54. The van der Waals surface area contributed by atoms with Gasteiger partial charge in [0.25, 0.3) is 5.91 Å². The molecule has 4 nitrogen and oxygen atoms in total. The lowest BCUT2D eigenvalue weighted by atomic mass is 10.3. The molecule has 0 aliphatic heterocycles. The van der Waals surface area contributed by atoms with E-state index in [9.17, 15) is 4.79 Å². The molecule has 2 rings (SSSR count). The Hall–Kier alpha value is -1.65. The van der Waals surface area contributed by atoms with Gasteiger partial charge < -0.3 is 5.32 Å². The number of rotatable bonds is 2. The third-order valence-corrected chi connectivity index (χ3v) is 2.48. The summed E-state index contributed by atoms with van der Waals surface area (Å²) >= 11 is 11.6. The Morgan fingerprint density at radius 2 is 1.82 bits per heavy atom. The van der Waals surface area contributed by atoms with E-state index in [1.165, 1.54) is 12.1 Å². The van der Waals surface area contributed by atoms with Crippen molar-refractivity contribution < 1.29 is 4.79 Å². The summed E-state index contributed by atoms with van der Waals surface area (Å²) in [5, 5.41) is 3.11. The number of nitrogens with zero attached hydrogens (tertiary/aromatic N) is 2. The molecule has 0 unspecified atom stereocenters. The molecule has 0 aliphatic carbocycles. The highest BCUT2D eigenvalue weighted by molar-refractivity contribution is 6.35. The lowest BCUT2D eigenvalue weighted by Crippen LogP contribution is -2.14. The van der Waals surface area contributed by atoms with Crippen molar-refractivity contribution in [3.63, 3.8) is 0 Å². The zero-order valence-electron chi connectivity index (χ0n) is 8.52. The van der Waals surface area contributed by atoms with Crippen LogP contribution in [0.1, 0.15) is 10.5 Å². The molecule has 6 heteroatoms. The number of halogens is 2. The van der Waals surface area contributed by atoms with E-state index in [-0.39, 0.29) is 15.9 Å². The van der Waals surface area contributed by atoms with Crippen molar-refractivity contribution in [2.24, 2.45) is 0 Å². The molecule has 2 aromatic rings. The van der Waals surface area contributed by atoms with E-state index in [1.807, 2.05) is 0 Å². The van der Waals surface area contributed by atoms with Gasteiger partial charge in [-0.2, -0.15) is 0 Å². The molecule has 86 valence electrons. The van der Waals surface area contributed by atoms with Crippen LogP contribution in [-0.2, 0) is 0 Å². The van der Waals surface area contributed by atoms with E-state index in [4.69, 9.17) is 23.2 Å². The zero-order chi connectivity index (χ0) is 12.3. The second kappa shape index (κ2) is 5.12. The minimum atomic E-state index is -0.413. The van der Waals surface area contributed by atoms with Crippen LogP contribution in [0.15, 0.2) is 36.7 Å². The van der Waals surface area contributed by atoms with Gasteiger partial charge in [-0.25, -0.2) is 4.98 Å². The summed E-state index contributed by atoms with van der Waals surface area (Å²) in [4.78, 5) is 19.6. The number of carbonyl (C=O) groups is 1. The predicted octanol–water partition coefficient (Wildman–Crippen LogP) is 3.04. The summed E-state index contributed by atoms with van der Waals surface area (Å²) in [6.07, 6.45) is 3.14. The number of hydrogen-bond donors (Lipinski definition) is 1. The van der Waals surface area contributed by atoms with Crippen LogP contribution in [0.3, 0.4) is 0 Å². The number of hydrogen-bond acceptors (Lipinski definition) is 3. The van der Waals surface area contributed by atoms with E-state index in [2.05, 4.69) is 15.3 Å². The lowest BCUT2D eigenvalue weighted by Gasteiger charge is -2.05. The van der Waals surface area contributed by atoms with Gasteiger partial charge in [0.2, 0.25) is 0 Å². The average Bonchev–Trinajstić information content (AvgIpc) is 2.33. The number of anilines is 1. The minimum absolute atomic E-state index is 0.0935. The topological polar surface area (TPSA) is 54.9 Å². The lowest BCUT2D eigenvalue weighted by molar-refractivity contribution is 0.102. The van der Waals surface area contributed by atoms with Crippen LogP contribution in [0.5, 0.6) is 0 Å². The number of pyridine rings is 2. The Balaban J connectivity index is 2.23. The van der Waals surface area contributed by atoms with E-state index >= 15 is 0 Å². The SMILES string of the molecule is O=C(Nc1ccncc1)c1nc(Cl)ccc1Cl. The molecule has 0 aliphatic rings. The van der Waals surface area contributed by atoms with Crippen LogP contribution in [0.2, 0.25) is 10.2 Å². The largest absolute Gasteiger partial charge is 0.320 e. The van der Waals surface area contributed by atoms with Crippen LogP contribution < -0.4 is 5.32 Å². The van der Waals surface area contributed by atoms with Crippen molar-refractivity contribution in [2.45, 2.75) is 0 Å². The Morgan fingerprint density at radius 1 is 1.12 bits per heavy atom. The number of nitrogens with one attached hydrogen (secondary N) is 1. The Bertz CT molecular complexity index is 546. The number of aromatic nitrogens is 2. The smallest absolute Gasteiger partial charge is 0.275 e. The van der Waals surface area contributed by atoms with Crippen LogP contribution in [0.25, 0.3) is 0 Å². The fraction of sp³-hybridized carbons (Fsp3) is 0. The van der Waals surface area contributed by atoms with Gasteiger partial charge in [0.1, 0.15) is 10.8 Å². The highest BCUT2D eigenvalue weighted by atomic mass is 35.5. The first-order chi connectivity index (χ1) is 8.16. The van der Waals surface area contributed by atoms with Crippen molar-refractivity contribution in [1.82, 2.24) is 9.97 Å². The maximum atomic E-state index is 11.9. The first-order valence-electron chi connectivity index (χ1n) is 4.70. The molecule has 0 spiro atoms. The second-order valence-corrected chi connectivity index (χ2v) is 3.95. The van der Waals surface area contributed by atoms with Crippen molar-refractivity contribution in [3.8, 4) is 0 Å². The zero-order valence-corrected chi connectivity index (χ0v) is 10.0. The number of amides is 1. The highest BCUT2D eigenvalue weighted by Gasteiger charge is 2.12. The van der Waals surface area contributed by atoms with Gasteiger partial charge in [0.05, 0.1) is 5.02 Å². The molecule has 0 aromatic carbocycles. The highest BCUT2D eigenvalue weighted by Crippen LogP contribution is 2.18. The molecule has 0 radical (unpaired) electrons. The van der Waals surface area contributed by atoms with E-state index in [0.29, 0.717) is 5.69 Å². The van der Waals surface area contributed by atoms with Gasteiger partial charge in [-0.3, -0.25) is 9.78 Å². The van der Waals surface area contributed by atoms with Crippen molar-refractivity contribution in [2.75, 3.05) is 5.32 Å². The minimum Gasteiger partial charge on any atom is -0.320 e. The molecular formula is C11H7Cl2N3O. The van der Waals surface area contributed by atoms with Crippen LogP contribution in [-0.4, -0.2) is 15.9 Å². The van der Waals surface area contributed by atoms with Crippen molar-refractivity contribution in [3.05, 3.63) is 52.5 Å². The summed E-state index contributed by atoms with van der Waals surface area (Å²) in [6.45, 7) is 0. The third-order valence-electron chi connectivity index (χ3n) is 1.97. The van der Waals surface area contributed by atoms with Gasteiger partial charge in [-0.05, 0) is 24.3 Å². The maximum Gasteiger partial charge on any atom is 0.275 e. The molecule has 0 fully saturated rings. The Morgan fingerprint density at radius 3 is 2.53 bits per heavy atom. The standard InChI is InChI=1S/C11H7Cl2N3O/c12-8-1-2-9(13)16-10(8)11(17)15-7-3-5-14-6-4-7/h1-6H,(H,14,15,17). The van der Waals surface area contributed by atoms with Gasteiger partial charge >= 0.3 is 0 Å². The summed E-state index contributed by atoms with van der Waals surface area (Å²) < 4.78 is 0. The Labute approximate surface area is 108 Å². The summed E-state index contributed by atoms with van der Waals surface area (Å²) in [7, 11) is 0. The van der Waals surface area contributed by atoms with E-state index < -0.39 is 5.91 Å². The van der Waals surface area contributed by atoms with Crippen LogP contribution >= 0.6 is 23.2 Å². The summed E-state index contributed by atoms with van der Waals surface area (Å²) in [6, 6.07) is 6.37. The molecule has 0 atom stereocenters. The monoisotopic (exact) mass is 267 g/mol. The molecule has 1 N–H and O–H groups in total. The molecule has 0 saturated heterocycles. The third kappa shape index (κ3) is 2.93. The van der Waals surface area contributed by atoms with Gasteiger partial charge in [-0.15, -0.1) is 0 Å². The van der Waals surface area contributed by atoms with Crippen LogP contribution in [0.4, 0.5) is 5.69 Å². The summed E-state index contributed by atoms with van der Waals surface area (Å²) in [5.74, 6) is -0.413. The van der Waals surface area contributed by atoms with Crippen molar-refractivity contribution >= 4 is 34.8 Å². The number of carbonyl (C=O) groups excluding carboxylic acids is 1. The quantitative estimate of drug-likeness (QED) is 0.851. The van der Waals surface area contributed by atoms with Crippen LogP contribution in [0, 0.1) is 0 Å². The maximum absolute atomic E-state index is 11.9. The molecule has 0 bridgehead atoms. The van der Waals surface area contributed by atoms with Gasteiger partial charge in [0.15, 0.2) is 0 Å². The molecule has 17 heavy (non-hydrogen) atoms. The summed E-state index contributed by atoms with van der Waals surface area (Å²) in [5.41, 5.74) is 0.707. The normalized spacial score (nSPS) is 10.0. The van der Waals surface area contributed by atoms with Gasteiger partial charge in [-0.1, -0.05) is 23.2 Å². The van der Waals surface area contributed by atoms with Gasteiger partial charge in [0, 0.05) is 18.1 Å². The molecule has 2 aromatic heterocycles. The molecule has 1 amide bonds. The predicted molar refractivity (Wildman–Crippen MR) is 66.4 cm³/mol. The average molecular weight is 268 g/mol. The molecule has 0 saturated carbocycles. The first-order valence-corrected chi connectivity index (χ1v) is 5.46. The Kier molecular flexibility index (Phi) is 3.56. The van der Waals surface area contributed by atoms with Crippen molar-refractivity contribution in [1.29, 1.82) is 0 Å². The van der Waals surface area contributed by atoms with E-state index in [1.54, 1.807) is 24.5 Å². The second-order valence-electron chi connectivity index (χ2n) is 3.15. The van der Waals surface area contributed by atoms with E-state index in [0.717, 1.165) is 0 Å². The fourth-order valence-electron chi connectivity index (χ4n) is 1.20. The molecule has 2 heterocycles. The first kappa shape index (κ1) is 11.8.